The molecule has 4 nitrogen and oxygen atoms in total. The van der Waals surface area contributed by atoms with E-state index in [0.29, 0.717) is 0 Å². The van der Waals surface area contributed by atoms with Crippen LogP contribution in [0.3, 0.4) is 0 Å². The van der Waals surface area contributed by atoms with Crippen molar-refractivity contribution in [1.29, 1.82) is 0 Å². The van der Waals surface area contributed by atoms with E-state index in [9.17, 15) is 14.5 Å². The lowest BCUT2D eigenvalue weighted by atomic mass is 10.2. The molecule has 0 aliphatic heterocycles. The molecule has 1 rings (SSSR count). The number of nitrogens with zero attached hydrogens (tertiary/aromatic N) is 1. The fraction of sp³-hybridized carbons (Fsp3) is 0.143. The molecule has 0 saturated carbocycles. The predicted octanol–water partition coefficient (Wildman–Crippen LogP) is 1.99. The van der Waals surface area contributed by atoms with Gasteiger partial charge in [-0.3, -0.25) is 10.1 Å². The lowest BCUT2D eigenvalue weighted by Gasteiger charge is -2.02. The first kappa shape index (κ1) is 10.1. The quantitative estimate of drug-likeness (QED) is 0.644. The molecule has 6 heteroatoms. The third-order valence-corrected chi connectivity index (χ3v) is 2.38. The van der Waals surface area contributed by atoms with Gasteiger partial charge in [-0.25, -0.2) is 4.39 Å². The van der Waals surface area contributed by atoms with Crippen LogP contribution in [0.2, 0.25) is 0 Å². The normalized spacial score (nSPS) is 10.1. The van der Waals surface area contributed by atoms with Gasteiger partial charge in [0.05, 0.1) is 21.6 Å². The molecule has 0 aliphatic carbocycles. The van der Waals surface area contributed by atoms with E-state index in [1.165, 1.54) is 0 Å². The van der Waals surface area contributed by atoms with Crippen molar-refractivity contribution < 1.29 is 14.4 Å². The number of benzene rings is 1. The van der Waals surface area contributed by atoms with Crippen LogP contribution in [-0.2, 0) is 6.61 Å². The Hall–Kier alpha value is -1.01. The van der Waals surface area contributed by atoms with E-state index in [4.69, 9.17) is 5.11 Å². The molecule has 0 heterocycles. The average molecular weight is 250 g/mol. The number of aliphatic hydroxyl groups is 1. The maximum atomic E-state index is 12.8. The molecule has 0 aromatic heterocycles. The predicted molar refractivity (Wildman–Crippen MR) is 46.7 cm³/mol. The zero-order chi connectivity index (χ0) is 10.0. The SMILES string of the molecule is O=[N+]([O-])c1ccc(F)c(Br)c1CO. The van der Waals surface area contributed by atoms with Gasteiger partial charge in [-0.15, -0.1) is 0 Å². The summed E-state index contributed by atoms with van der Waals surface area (Å²) in [6.07, 6.45) is 0. The Balaban J connectivity index is 3.38. The van der Waals surface area contributed by atoms with Gasteiger partial charge in [0, 0.05) is 6.07 Å². The van der Waals surface area contributed by atoms with Crippen molar-refractivity contribution in [3.05, 3.63) is 38.1 Å². The summed E-state index contributed by atoms with van der Waals surface area (Å²) in [5.41, 5.74) is -0.347. The summed E-state index contributed by atoms with van der Waals surface area (Å²) in [5.74, 6) is -0.630. The highest BCUT2D eigenvalue weighted by atomic mass is 79.9. The van der Waals surface area contributed by atoms with Gasteiger partial charge < -0.3 is 5.11 Å². The molecule has 0 saturated heterocycles. The lowest BCUT2D eigenvalue weighted by molar-refractivity contribution is -0.386. The maximum Gasteiger partial charge on any atom is 0.276 e. The van der Waals surface area contributed by atoms with Crippen LogP contribution in [0.1, 0.15) is 5.56 Å². The van der Waals surface area contributed by atoms with E-state index in [0.717, 1.165) is 12.1 Å². The van der Waals surface area contributed by atoms with E-state index in [1.54, 1.807) is 0 Å². The highest BCUT2D eigenvalue weighted by molar-refractivity contribution is 9.10. The second kappa shape index (κ2) is 3.80. The molecule has 0 fully saturated rings. The van der Waals surface area contributed by atoms with Crippen LogP contribution in [-0.4, -0.2) is 10.0 Å². The minimum atomic E-state index is -0.671. The van der Waals surface area contributed by atoms with Crippen molar-refractivity contribution in [2.45, 2.75) is 6.61 Å². The zero-order valence-electron chi connectivity index (χ0n) is 6.33. The maximum absolute atomic E-state index is 12.8. The third kappa shape index (κ3) is 1.84. The Bertz CT molecular complexity index is 356. The van der Waals surface area contributed by atoms with Crippen molar-refractivity contribution in [3.8, 4) is 0 Å². The molecule has 0 bridgehead atoms. The van der Waals surface area contributed by atoms with Crippen molar-refractivity contribution in [1.82, 2.24) is 0 Å². The Kier molecular flexibility index (Phi) is 2.94. The summed E-state index contributed by atoms with van der Waals surface area (Å²) in [6, 6.07) is 1.99. The van der Waals surface area contributed by atoms with Crippen LogP contribution >= 0.6 is 15.9 Å². The van der Waals surface area contributed by atoms with E-state index in [1.807, 2.05) is 0 Å². The van der Waals surface area contributed by atoms with Crippen molar-refractivity contribution in [3.63, 3.8) is 0 Å². The summed E-state index contributed by atoms with van der Waals surface area (Å²) in [5, 5.41) is 19.2. The van der Waals surface area contributed by atoms with E-state index in [2.05, 4.69) is 15.9 Å². The van der Waals surface area contributed by atoms with Crippen LogP contribution < -0.4 is 0 Å². The van der Waals surface area contributed by atoms with Crippen molar-refractivity contribution in [2.24, 2.45) is 0 Å². The van der Waals surface area contributed by atoms with Gasteiger partial charge in [-0.2, -0.15) is 0 Å². The molecule has 70 valence electrons. The topological polar surface area (TPSA) is 63.4 Å². The van der Waals surface area contributed by atoms with E-state index in [-0.39, 0.29) is 15.7 Å². The first-order chi connectivity index (χ1) is 6.07. The molecule has 0 unspecified atom stereocenters. The largest absolute Gasteiger partial charge is 0.391 e. The molecular weight excluding hydrogens is 245 g/mol. The number of nitro groups is 1. The van der Waals surface area contributed by atoms with Crippen LogP contribution in [0, 0.1) is 15.9 Å². The standard InChI is InChI=1S/C7H5BrFNO3/c8-7-4(3-11)6(10(12)13)2-1-5(7)9/h1-2,11H,3H2. The van der Waals surface area contributed by atoms with Crippen molar-refractivity contribution in [2.75, 3.05) is 0 Å². The van der Waals surface area contributed by atoms with Gasteiger partial charge in [-0.05, 0) is 22.0 Å². The number of rotatable bonds is 2. The molecule has 0 spiro atoms. The van der Waals surface area contributed by atoms with Gasteiger partial charge >= 0.3 is 0 Å². The Labute approximate surface area is 81.3 Å². The highest BCUT2D eigenvalue weighted by Gasteiger charge is 2.18. The molecule has 1 aromatic carbocycles. The third-order valence-electron chi connectivity index (χ3n) is 1.53. The lowest BCUT2D eigenvalue weighted by Crippen LogP contribution is -1.98. The first-order valence-corrected chi connectivity index (χ1v) is 4.09. The van der Waals surface area contributed by atoms with Crippen LogP contribution in [0.25, 0.3) is 0 Å². The molecule has 1 N–H and O–H groups in total. The number of hydrogen-bond acceptors (Lipinski definition) is 3. The summed E-state index contributed by atoms with van der Waals surface area (Å²) in [6.45, 7) is -0.575. The summed E-state index contributed by atoms with van der Waals surface area (Å²) >= 11 is 2.82. The first-order valence-electron chi connectivity index (χ1n) is 3.30. The van der Waals surface area contributed by atoms with Crippen LogP contribution in [0.4, 0.5) is 10.1 Å². The number of nitro benzene ring substituents is 1. The molecule has 0 atom stereocenters. The average Bonchev–Trinajstić information content (AvgIpc) is 2.09. The Morgan fingerprint density at radius 3 is 2.69 bits per heavy atom. The molecular formula is C7H5BrFNO3. The molecule has 0 amide bonds. The summed E-state index contributed by atoms with van der Waals surface area (Å²) in [4.78, 5) is 9.72. The van der Waals surface area contributed by atoms with Gasteiger partial charge in [0.25, 0.3) is 5.69 Å². The van der Waals surface area contributed by atoms with Gasteiger partial charge in [0.2, 0.25) is 0 Å². The number of aliphatic hydroxyl groups excluding tert-OH is 1. The fourth-order valence-corrected chi connectivity index (χ4v) is 1.36. The molecule has 0 radical (unpaired) electrons. The van der Waals surface area contributed by atoms with Crippen molar-refractivity contribution >= 4 is 21.6 Å². The van der Waals surface area contributed by atoms with Gasteiger partial charge in [0.15, 0.2) is 0 Å². The minimum Gasteiger partial charge on any atom is -0.391 e. The fourth-order valence-electron chi connectivity index (χ4n) is 0.904. The van der Waals surface area contributed by atoms with Gasteiger partial charge in [0.1, 0.15) is 5.82 Å². The summed E-state index contributed by atoms with van der Waals surface area (Å²) < 4.78 is 12.8. The highest BCUT2D eigenvalue weighted by Crippen LogP contribution is 2.28. The molecule has 1 aromatic rings. The number of halogens is 2. The number of hydrogen-bond donors (Lipinski definition) is 1. The molecule has 13 heavy (non-hydrogen) atoms. The summed E-state index contributed by atoms with van der Waals surface area (Å²) in [7, 11) is 0. The van der Waals surface area contributed by atoms with E-state index < -0.39 is 17.3 Å². The Morgan fingerprint density at radius 1 is 1.62 bits per heavy atom. The van der Waals surface area contributed by atoms with Crippen LogP contribution in [0.5, 0.6) is 0 Å². The monoisotopic (exact) mass is 249 g/mol. The smallest absolute Gasteiger partial charge is 0.276 e. The molecule has 0 aliphatic rings. The Morgan fingerprint density at radius 2 is 2.23 bits per heavy atom. The van der Waals surface area contributed by atoms with E-state index >= 15 is 0 Å². The second-order valence-corrected chi connectivity index (χ2v) is 3.07. The minimum absolute atomic E-state index is 0.0509. The van der Waals surface area contributed by atoms with Gasteiger partial charge in [-0.1, -0.05) is 0 Å². The zero-order valence-corrected chi connectivity index (χ0v) is 7.91. The second-order valence-electron chi connectivity index (χ2n) is 2.27. The van der Waals surface area contributed by atoms with Crippen LogP contribution in [0.15, 0.2) is 16.6 Å².